The molecule has 0 spiro atoms. The zero-order valence-corrected chi connectivity index (χ0v) is 14.3. The molecule has 1 aliphatic carbocycles. The molecule has 1 fully saturated rings. The first-order valence-electron chi connectivity index (χ1n) is 8.55. The Labute approximate surface area is 121 Å². The highest BCUT2D eigenvalue weighted by Crippen LogP contribution is 2.44. The lowest BCUT2D eigenvalue weighted by Crippen LogP contribution is -2.36. The molecule has 0 aromatic carbocycles. The summed E-state index contributed by atoms with van der Waals surface area (Å²) in [6.07, 6.45) is 7.20. The van der Waals surface area contributed by atoms with Gasteiger partial charge in [0.25, 0.3) is 0 Å². The van der Waals surface area contributed by atoms with E-state index in [1.54, 1.807) is 0 Å². The standard InChI is InChI=1S/C18H37N/c1-7-19-13-16-10-11-17(18(4,5)6)12-15(16)9-8-14(2)3/h14-17,19H,7-13H2,1-6H3. The van der Waals surface area contributed by atoms with E-state index in [-0.39, 0.29) is 0 Å². The van der Waals surface area contributed by atoms with Crippen LogP contribution >= 0.6 is 0 Å². The van der Waals surface area contributed by atoms with Gasteiger partial charge in [0, 0.05) is 0 Å². The summed E-state index contributed by atoms with van der Waals surface area (Å²) in [6.45, 7) is 16.6. The quantitative estimate of drug-likeness (QED) is 0.705. The van der Waals surface area contributed by atoms with Crippen LogP contribution < -0.4 is 5.32 Å². The van der Waals surface area contributed by atoms with Crippen molar-refractivity contribution in [3.63, 3.8) is 0 Å². The molecule has 19 heavy (non-hydrogen) atoms. The van der Waals surface area contributed by atoms with Gasteiger partial charge in [-0.05, 0) is 67.9 Å². The van der Waals surface area contributed by atoms with Crippen LogP contribution in [0.1, 0.15) is 73.6 Å². The van der Waals surface area contributed by atoms with Crippen molar-refractivity contribution in [1.29, 1.82) is 0 Å². The fraction of sp³-hybridized carbons (Fsp3) is 1.00. The maximum Gasteiger partial charge on any atom is -0.00180 e. The fourth-order valence-electron chi connectivity index (χ4n) is 3.61. The molecule has 0 aromatic heterocycles. The first-order chi connectivity index (χ1) is 8.84. The van der Waals surface area contributed by atoms with Crippen LogP contribution in [0, 0.1) is 29.1 Å². The van der Waals surface area contributed by atoms with E-state index in [1.807, 2.05) is 0 Å². The van der Waals surface area contributed by atoms with Gasteiger partial charge < -0.3 is 5.32 Å². The maximum absolute atomic E-state index is 3.59. The molecule has 3 unspecified atom stereocenters. The summed E-state index contributed by atoms with van der Waals surface area (Å²) in [7, 11) is 0. The number of hydrogen-bond acceptors (Lipinski definition) is 1. The molecule has 0 bridgehead atoms. The Kier molecular flexibility index (Phi) is 6.86. The van der Waals surface area contributed by atoms with Gasteiger partial charge in [-0.2, -0.15) is 0 Å². The lowest BCUT2D eigenvalue weighted by molar-refractivity contribution is 0.0897. The van der Waals surface area contributed by atoms with Gasteiger partial charge >= 0.3 is 0 Å². The number of rotatable bonds is 6. The molecule has 1 rings (SSSR count). The van der Waals surface area contributed by atoms with Crippen molar-refractivity contribution in [3.05, 3.63) is 0 Å². The SMILES string of the molecule is CCNCC1CCC(C(C)(C)C)CC1CCC(C)C. The molecule has 114 valence electrons. The van der Waals surface area contributed by atoms with Crippen LogP contribution in [0.25, 0.3) is 0 Å². The average molecular weight is 268 g/mol. The summed E-state index contributed by atoms with van der Waals surface area (Å²) in [6, 6.07) is 0. The molecule has 0 heterocycles. The minimum Gasteiger partial charge on any atom is -0.317 e. The van der Waals surface area contributed by atoms with Crippen molar-refractivity contribution < 1.29 is 0 Å². The van der Waals surface area contributed by atoms with Gasteiger partial charge in [0.05, 0.1) is 0 Å². The molecule has 3 atom stereocenters. The highest BCUT2D eigenvalue weighted by Gasteiger charge is 2.35. The van der Waals surface area contributed by atoms with Crippen LogP contribution in [0.3, 0.4) is 0 Å². The molecule has 1 aliphatic rings. The van der Waals surface area contributed by atoms with Crippen LogP contribution in [-0.2, 0) is 0 Å². The predicted octanol–water partition coefficient (Wildman–Crippen LogP) is 5.11. The van der Waals surface area contributed by atoms with Gasteiger partial charge in [-0.1, -0.05) is 48.0 Å². The highest BCUT2D eigenvalue weighted by molar-refractivity contribution is 4.86. The molecule has 0 saturated heterocycles. The molecule has 1 N–H and O–H groups in total. The van der Waals surface area contributed by atoms with Crippen LogP contribution in [0.2, 0.25) is 0 Å². The highest BCUT2D eigenvalue weighted by atomic mass is 14.8. The molecule has 0 aliphatic heterocycles. The topological polar surface area (TPSA) is 12.0 Å². The third kappa shape index (κ3) is 5.85. The summed E-state index contributed by atoms with van der Waals surface area (Å²) in [5, 5.41) is 3.59. The number of nitrogens with one attached hydrogen (secondary N) is 1. The fourth-order valence-corrected chi connectivity index (χ4v) is 3.61. The van der Waals surface area contributed by atoms with Gasteiger partial charge in [0.15, 0.2) is 0 Å². The number of hydrogen-bond donors (Lipinski definition) is 1. The molecule has 1 saturated carbocycles. The van der Waals surface area contributed by atoms with E-state index in [1.165, 1.54) is 38.6 Å². The second-order valence-corrected chi connectivity index (χ2v) is 8.18. The van der Waals surface area contributed by atoms with Crippen molar-refractivity contribution in [2.45, 2.75) is 73.6 Å². The van der Waals surface area contributed by atoms with Gasteiger partial charge in [-0.25, -0.2) is 0 Å². The smallest absolute Gasteiger partial charge is 0.00180 e. The third-order valence-corrected chi connectivity index (χ3v) is 5.14. The van der Waals surface area contributed by atoms with Crippen LogP contribution in [0.4, 0.5) is 0 Å². The molecule has 0 radical (unpaired) electrons. The second-order valence-electron chi connectivity index (χ2n) is 8.18. The minimum atomic E-state index is 0.499. The van der Waals surface area contributed by atoms with Crippen molar-refractivity contribution >= 4 is 0 Å². The Hall–Kier alpha value is -0.0400. The van der Waals surface area contributed by atoms with E-state index in [2.05, 4.69) is 46.9 Å². The van der Waals surface area contributed by atoms with Crippen molar-refractivity contribution in [2.24, 2.45) is 29.1 Å². The lowest BCUT2D eigenvalue weighted by atomic mass is 9.64. The monoisotopic (exact) mass is 267 g/mol. The molecular formula is C18H37N. The Morgan fingerprint density at radius 3 is 2.32 bits per heavy atom. The summed E-state index contributed by atoms with van der Waals surface area (Å²) in [4.78, 5) is 0. The Morgan fingerprint density at radius 1 is 1.11 bits per heavy atom. The van der Waals surface area contributed by atoms with Crippen LogP contribution in [0.5, 0.6) is 0 Å². The predicted molar refractivity (Wildman–Crippen MR) is 86.4 cm³/mol. The summed E-state index contributed by atoms with van der Waals surface area (Å²) in [5.41, 5.74) is 0.499. The lowest BCUT2D eigenvalue weighted by Gasteiger charge is -2.42. The first-order valence-corrected chi connectivity index (χ1v) is 8.55. The van der Waals surface area contributed by atoms with Crippen molar-refractivity contribution in [1.82, 2.24) is 5.32 Å². The van der Waals surface area contributed by atoms with Crippen LogP contribution in [0.15, 0.2) is 0 Å². The normalized spacial score (nSPS) is 28.9. The molecule has 1 heteroatoms. The zero-order chi connectivity index (χ0) is 14.5. The Bertz CT molecular complexity index is 239. The first kappa shape index (κ1) is 17.0. The molecule has 0 aromatic rings. The average Bonchev–Trinajstić information content (AvgIpc) is 2.33. The third-order valence-electron chi connectivity index (χ3n) is 5.14. The molecular weight excluding hydrogens is 230 g/mol. The van der Waals surface area contributed by atoms with E-state index in [9.17, 15) is 0 Å². The van der Waals surface area contributed by atoms with Gasteiger partial charge in [0.1, 0.15) is 0 Å². The van der Waals surface area contributed by atoms with Gasteiger partial charge in [0.2, 0.25) is 0 Å². The Balaban J connectivity index is 2.57. The van der Waals surface area contributed by atoms with E-state index >= 15 is 0 Å². The van der Waals surface area contributed by atoms with Gasteiger partial charge in [-0.3, -0.25) is 0 Å². The largest absolute Gasteiger partial charge is 0.317 e. The van der Waals surface area contributed by atoms with Crippen molar-refractivity contribution in [3.8, 4) is 0 Å². The van der Waals surface area contributed by atoms with E-state index in [4.69, 9.17) is 0 Å². The Morgan fingerprint density at radius 2 is 1.79 bits per heavy atom. The summed E-state index contributed by atoms with van der Waals surface area (Å²) >= 11 is 0. The molecule has 1 nitrogen and oxygen atoms in total. The zero-order valence-electron chi connectivity index (χ0n) is 14.3. The van der Waals surface area contributed by atoms with Gasteiger partial charge in [-0.15, -0.1) is 0 Å². The second kappa shape index (κ2) is 7.67. The maximum atomic E-state index is 3.59. The van der Waals surface area contributed by atoms with E-state index in [0.717, 1.165) is 30.2 Å². The molecule has 0 amide bonds. The van der Waals surface area contributed by atoms with Crippen LogP contribution in [-0.4, -0.2) is 13.1 Å². The van der Waals surface area contributed by atoms with E-state index < -0.39 is 0 Å². The van der Waals surface area contributed by atoms with Crippen molar-refractivity contribution in [2.75, 3.05) is 13.1 Å². The van der Waals surface area contributed by atoms with E-state index in [0.29, 0.717) is 5.41 Å². The summed E-state index contributed by atoms with van der Waals surface area (Å²) < 4.78 is 0. The minimum absolute atomic E-state index is 0.499. The summed E-state index contributed by atoms with van der Waals surface area (Å²) in [5.74, 6) is 3.68.